The first-order valence-corrected chi connectivity index (χ1v) is 7.70. The summed E-state index contributed by atoms with van der Waals surface area (Å²) in [6.45, 7) is 23.2. The molecule has 0 fully saturated rings. The first-order chi connectivity index (χ1) is 8.22. The van der Waals surface area contributed by atoms with Crippen LogP contribution in [-0.4, -0.2) is 30.6 Å². The van der Waals surface area contributed by atoms with E-state index in [0.29, 0.717) is 0 Å². The van der Waals surface area contributed by atoms with E-state index in [1.807, 2.05) is 41.5 Å². The molecule has 0 amide bonds. The predicted octanol–water partition coefficient (Wildman–Crippen LogP) is 4.78. The summed E-state index contributed by atoms with van der Waals surface area (Å²) in [7, 11) is 2.15. The van der Waals surface area contributed by atoms with Crippen molar-refractivity contribution in [3.8, 4) is 0 Å². The van der Waals surface area contributed by atoms with Gasteiger partial charge in [-0.2, -0.15) is 0 Å². The van der Waals surface area contributed by atoms with Gasteiger partial charge < -0.3 is 10.6 Å². The Morgan fingerprint density at radius 1 is 1.00 bits per heavy atom. The van der Waals surface area contributed by atoms with Crippen molar-refractivity contribution < 1.29 is 0 Å². The molecule has 0 atom stereocenters. The van der Waals surface area contributed by atoms with Crippen molar-refractivity contribution in [2.45, 2.75) is 81.2 Å². The highest BCUT2D eigenvalue weighted by atomic mass is 15.1. The van der Waals surface area contributed by atoms with Gasteiger partial charge in [0, 0.05) is 12.1 Å². The van der Waals surface area contributed by atoms with E-state index >= 15 is 0 Å². The average Bonchev–Trinajstić information content (AvgIpc) is 2.33. The number of nitrogens with two attached hydrogens (primary N) is 1. The Hall–Kier alpha value is -0.0800. The maximum absolute atomic E-state index is 5.53. The molecule has 2 nitrogen and oxygen atoms in total. The van der Waals surface area contributed by atoms with Crippen LogP contribution in [0.3, 0.4) is 0 Å². The summed E-state index contributed by atoms with van der Waals surface area (Å²) in [6.07, 6.45) is 1.05. The quantitative estimate of drug-likeness (QED) is 0.790. The lowest BCUT2D eigenvalue weighted by Gasteiger charge is -2.15. The Labute approximate surface area is 118 Å². The Bertz CT molecular complexity index is 115. The van der Waals surface area contributed by atoms with E-state index in [1.165, 1.54) is 6.54 Å². The minimum Gasteiger partial charge on any atom is -0.326 e. The van der Waals surface area contributed by atoms with Crippen LogP contribution in [-0.2, 0) is 0 Å². The van der Waals surface area contributed by atoms with Gasteiger partial charge in [-0.1, -0.05) is 55.4 Å². The summed E-state index contributed by atoms with van der Waals surface area (Å²) in [5.74, 6) is 0.806. The standard InChI is InChI=1S/C7H17N.C5H13N.2C2H6/c1-5-8(4)6-7(2)3;1-4-5(2,3)6;2*1-2/h7H,5-6H2,1-4H3;4,6H2,1-3H3;2*1-2H3. The molecule has 0 aromatic heterocycles. The predicted molar refractivity (Wildman–Crippen MR) is 89.3 cm³/mol. The largest absolute Gasteiger partial charge is 0.326 e. The Balaban J connectivity index is -0.0000000869. The lowest BCUT2D eigenvalue weighted by atomic mass is 10.1. The minimum absolute atomic E-state index is 0.0417. The highest BCUT2D eigenvalue weighted by molar-refractivity contribution is 4.67. The molecule has 0 heterocycles. The molecule has 0 rings (SSSR count). The van der Waals surface area contributed by atoms with Crippen LogP contribution in [0.2, 0.25) is 0 Å². The van der Waals surface area contributed by atoms with Gasteiger partial charge in [-0.15, -0.1) is 0 Å². The zero-order chi connectivity index (χ0) is 15.8. The van der Waals surface area contributed by atoms with Crippen LogP contribution in [0.5, 0.6) is 0 Å². The van der Waals surface area contributed by atoms with Crippen LogP contribution in [0.1, 0.15) is 75.7 Å². The van der Waals surface area contributed by atoms with Gasteiger partial charge in [0.15, 0.2) is 0 Å². The monoisotopic (exact) mass is 262 g/mol. The molecule has 0 saturated heterocycles. The fourth-order valence-corrected chi connectivity index (χ4v) is 0.752. The highest BCUT2D eigenvalue weighted by Crippen LogP contribution is 1.99. The molecule has 18 heavy (non-hydrogen) atoms. The zero-order valence-electron chi connectivity index (χ0n) is 15.2. The van der Waals surface area contributed by atoms with Crippen LogP contribution < -0.4 is 5.73 Å². The molecular weight excluding hydrogens is 220 g/mol. The van der Waals surface area contributed by atoms with E-state index in [1.54, 1.807) is 0 Å². The van der Waals surface area contributed by atoms with Crippen molar-refractivity contribution in [3.63, 3.8) is 0 Å². The maximum atomic E-state index is 5.53. The average molecular weight is 263 g/mol. The van der Waals surface area contributed by atoms with E-state index in [2.05, 4.69) is 39.6 Å². The Kier molecular flexibility index (Phi) is 28.3. The topological polar surface area (TPSA) is 29.3 Å². The molecule has 0 bridgehead atoms. The van der Waals surface area contributed by atoms with Gasteiger partial charge in [0.25, 0.3) is 0 Å². The van der Waals surface area contributed by atoms with Gasteiger partial charge >= 0.3 is 0 Å². The molecule has 0 aliphatic heterocycles. The fraction of sp³-hybridized carbons (Fsp3) is 1.00. The highest BCUT2D eigenvalue weighted by Gasteiger charge is 2.03. The third-order valence-corrected chi connectivity index (χ3v) is 2.13. The van der Waals surface area contributed by atoms with Gasteiger partial charge in [0.1, 0.15) is 0 Å². The summed E-state index contributed by atoms with van der Waals surface area (Å²) >= 11 is 0. The number of hydrogen-bond acceptors (Lipinski definition) is 2. The van der Waals surface area contributed by atoms with E-state index in [0.717, 1.165) is 18.9 Å². The van der Waals surface area contributed by atoms with Crippen LogP contribution in [0.25, 0.3) is 0 Å². The molecule has 2 N–H and O–H groups in total. The lowest BCUT2D eigenvalue weighted by Crippen LogP contribution is -2.30. The van der Waals surface area contributed by atoms with Crippen molar-refractivity contribution in [1.29, 1.82) is 0 Å². The van der Waals surface area contributed by atoms with Crippen LogP contribution in [0, 0.1) is 5.92 Å². The van der Waals surface area contributed by atoms with Gasteiger partial charge in [-0.3, -0.25) is 0 Å². The van der Waals surface area contributed by atoms with Gasteiger partial charge in [-0.05, 0) is 39.8 Å². The molecule has 0 saturated carbocycles. The van der Waals surface area contributed by atoms with E-state index in [4.69, 9.17) is 5.73 Å². The number of hydrogen-bond donors (Lipinski definition) is 1. The summed E-state index contributed by atoms with van der Waals surface area (Å²) in [4.78, 5) is 2.32. The molecule has 2 heteroatoms. The molecule has 0 radical (unpaired) electrons. The second kappa shape index (κ2) is 19.3. The SMILES string of the molecule is CC.CC.CCC(C)(C)N.CCN(C)CC(C)C. The lowest BCUT2D eigenvalue weighted by molar-refractivity contribution is 0.310. The molecular formula is C16H42N2. The van der Waals surface area contributed by atoms with Crippen LogP contribution >= 0.6 is 0 Å². The van der Waals surface area contributed by atoms with Crippen LogP contribution in [0.15, 0.2) is 0 Å². The molecule has 0 spiro atoms. The minimum atomic E-state index is 0.0417. The first-order valence-electron chi connectivity index (χ1n) is 7.70. The number of nitrogens with zero attached hydrogens (tertiary/aromatic N) is 1. The normalized spacial score (nSPS) is 9.67. The molecule has 0 aliphatic carbocycles. The second-order valence-electron chi connectivity index (χ2n) is 5.09. The third kappa shape index (κ3) is 44.5. The maximum Gasteiger partial charge on any atom is 0.00944 e. The summed E-state index contributed by atoms with van der Waals surface area (Å²) in [5.41, 5.74) is 5.58. The molecule has 0 aliphatic rings. The Morgan fingerprint density at radius 3 is 1.33 bits per heavy atom. The zero-order valence-corrected chi connectivity index (χ0v) is 15.2. The summed E-state index contributed by atoms with van der Waals surface area (Å²) < 4.78 is 0. The van der Waals surface area contributed by atoms with Crippen LogP contribution in [0.4, 0.5) is 0 Å². The smallest absolute Gasteiger partial charge is 0.00944 e. The van der Waals surface area contributed by atoms with Gasteiger partial charge in [-0.25, -0.2) is 0 Å². The van der Waals surface area contributed by atoms with Crippen molar-refractivity contribution in [2.75, 3.05) is 20.1 Å². The van der Waals surface area contributed by atoms with Gasteiger partial charge in [0.05, 0.1) is 0 Å². The molecule has 116 valence electrons. The Morgan fingerprint density at radius 2 is 1.28 bits per heavy atom. The second-order valence-corrected chi connectivity index (χ2v) is 5.09. The van der Waals surface area contributed by atoms with E-state index in [-0.39, 0.29) is 5.54 Å². The van der Waals surface area contributed by atoms with Crippen molar-refractivity contribution in [2.24, 2.45) is 11.7 Å². The van der Waals surface area contributed by atoms with Crippen molar-refractivity contribution in [3.05, 3.63) is 0 Å². The van der Waals surface area contributed by atoms with Crippen molar-refractivity contribution >= 4 is 0 Å². The number of rotatable bonds is 4. The van der Waals surface area contributed by atoms with Crippen molar-refractivity contribution in [1.82, 2.24) is 4.90 Å². The first kappa shape index (κ1) is 26.5. The van der Waals surface area contributed by atoms with E-state index < -0.39 is 0 Å². The third-order valence-electron chi connectivity index (χ3n) is 2.13. The van der Waals surface area contributed by atoms with E-state index in [9.17, 15) is 0 Å². The molecule has 0 aromatic carbocycles. The summed E-state index contributed by atoms with van der Waals surface area (Å²) in [5, 5.41) is 0. The molecule has 0 unspecified atom stereocenters. The van der Waals surface area contributed by atoms with Gasteiger partial charge in [0.2, 0.25) is 0 Å². The molecule has 0 aromatic rings. The fourth-order valence-electron chi connectivity index (χ4n) is 0.752. The summed E-state index contributed by atoms with van der Waals surface area (Å²) in [6, 6.07) is 0.